The van der Waals surface area contributed by atoms with Gasteiger partial charge in [0.15, 0.2) is 0 Å². The molecule has 0 rings (SSSR count). The fourth-order valence-corrected chi connectivity index (χ4v) is 2.00. The van der Waals surface area contributed by atoms with Crippen LogP contribution in [0.15, 0.2) is 0 Å². The number of rotatable bonds is 10. The van der Waals surface area contributed by atoms with Gasteiger partial charge in [-0.15, -0.1) is 0 Å². The molecule has 0 aliphatic carbocycles. The zero-order valence-corrected chi connectivity index (χ0v) is 15.6. The van der Waals surface area contributed by atoms with Gasteiger partial charge in [0.2, 0.25) is 0 Å². The van der Waals surface area contributed by atoms with Crippen molar-refractivity contribution in [2.75, 3.05) is 0 Å². The summed E-state index contributed by atoms with van der Waals surface area (Å²) in [5, 5.41) is 0. The molecule has 1 radical (unpaired) electrons. The number of hydrogen-bond donors (Lipinski definition) is 0. The molecule has 17 heavy (non-hydrogen) atoms. The zero-order chi connectivity index (χ0) is 11.5. The van der Waals surface area contributed by atoms with Gasteiger partial charge in [0.25, 0.3) is 0 Å². The predicted molar refractivity (Wildman–Crippen MR) is 77.3 cm³/mol. The van der Waals surface area contributed by atoms with Crippen LogP contribution < -0.4 is 0 Å². The van der Waals surface area contributed by atoms with Crippen molar-refractivity contribution in [2.45, 2.75) is 78.6 Å². The van der Waals surface area contributed by atoms with Gasteiger partial charge in [0, 0.05) is 32.7 Å². The Balaban J connectivity index is -0.000000980. The minimum absolute atomic E-state index is 0. The Morgan fingerprint density at radius 3 is 1.76 bits per heavy atom. The van der Waals surface area contributed by atoms with Gasteiger partial charge in [0.05, 0.1) is 0 Å². The van der Waals surface area contributed by atoms with Crippen LogP contribution in [0.4, 0.5) is 0 Å². The van der Waals surface area contributed by atoms with Crippen molar-refractivity contribution in [3.63, 3.8) is 0 Å². The van der Waals surface area contributed by atoms with E-state index in [1.165, 1.54) is 51.4 Å². The molecule has 2 unspecified atom stereocenters. The summed E-state index contributed by atoms with van der Waals surface area (Å²) in [4.78, 5) is 0. The van der Waals surface area contributed by atoms with Crippen molar-refractivity contribution in [3.8, 4) is 0 Å². The average Bonchev–Trinajstić information content (AvgIpc) is 2.25. The Kier molecular flexibility index (Phi) is 23.4. The third kappa shape index (κ3) is 17.1. The molecule has 0 saturated carbocycles. The first-order chi connectivity index (χ1) is 7.20. The maximum Gasteiger partial charge on any atom is 0 e. The molecule has 0 fully saturated rings. The second-order valence-electron chi connectivity index (χ2n) is 5.25. The monoisotopic (exact) mass is 315 g/mol. The second kappa shape index (κ2) is 17.1. The van der Waals surface area contributed by atoms with E-state index in [1.807, 2.05) is 0 Å². The molecule has 0 bridgehead atoms. The van der Waals surface area contributed by atoms with Crippen molar-refractivity contribution >= 4 is 0 Å². The van der Waals surface area contributed by atoms with Crippen LogP contribution in [0.1, 0.15) is 78.6 Å². The molecule has 0 aliphatic rings. The van der Waals surface area contributed by atoms with E-state index in [0.717, 1.165) is 18.3 Å². The molecule has 0 aliphatic heterocycles. The van der Waals surface area contributed by atoms with Gasteiger partial charge in [-0.1, -0.05) is 72.1 Å². The summed E-state index contributed by atoms with van der Waals surface area (Å²) < 4.78 is 0. The standard InChI is InChI=1S/C15H31.CH3.Y/c1-5-7-11-15(4)13-10-8-9-12-14(3)6-2;;/h14-15H,1,5-13H2,2-4H3;1H3;/q2*-1;. The molecule has 0 aromatic heterocycles. The van der Waals surface area contributed by atoms with Crippen molar-refractivity contribution < 1.29 is 32.7 Å². The summed E-state index contributed by atoms with van der Waals surface area (Å²) in [6.07, 6.45) is 12.3. The summed E-state index contributed by atoms with van der Waals surface area (Å²) in [6.45, 7) is 11.0. The summed E-state index contributed by atoms with van der Waals surface area (Å²) in [7, 11) is 0. The first-order valence-corrected chi connectivity index (χ1v) is 6.99. The van der Waals surface area contributed by atoms with Gasteiger partial charge < -0.3 is 14.4 Å². The van der Waals surface area contributed by atoms with Crippen LogP contribution in [-0.2, 0) is 32.7 Å². The molecule has 0 amide bonds. The van der Waals surface area contributed by atoms with Crippen molar-refractivity contribution in [1.82, 2.24) is 0 Å². The molecule has 0 aromatic carbocycles. The average molecular weight is 315 g/mol. The summed E-state index contributed by atoms with van der Waals surface area (Å²) in [6, 6.07) is 0. The van der Waals surface area contributed by atoms with Crippen LogP contribution in [0, 0.1) is 26.2 Å². The third-order valence-electron chi connectivity index (χ3n) is 3.54. The Morgan fingerprint density at radius 2 is 1.29 bits per heavy atom. The van der Waals surface area contributed by atoms with Crippen LogP contribution in [0.25, 0.3) is 0 Å². The Bertz CT molecular complexity index is 123. The summed E-state index contributed by atoms with van der Waals surface area (Å²) in [5.41, 5.74) is 0. The van der Waals surface area contributed by atoms with Crippen LogP contribution in [-0.4, -0.2) is 0 Å². The van der Waals surface area contributed by atoms with Crippen molar-refractivity contribution in [1.29, 1.82) is 0 Å². The summed E-state index contributed by atoms with van der Waals surface area (Å²) >= 11 is 0. The molecule has 2 atom stereocenters. The van der Waals surface area contributed by atoms with Crippen molar-refractivity contribution in [2.24, 2.45) is 11.8 Å². The normalized spacial score (nSPS) is 13.4. The zero-order valence-electron chi connectivity index (χ0n) is 12.8. The first-order valence-electron chi connectivity index (χ1n) is 6.99. The molecule has 0 nitrogen and oxygen atoms in total. The Morgan fingerprint density at radius 1 is 0.824 bits per heavy atom. The van der Waals surface area contributed by atoms with Crippen LogP contribution in [0.3, 0.4) is 0 Å². The van der Waals surface area contributed by atoms with Crippen LogP contribution >= 0.6 is 0 Å². The van der Waals surface area contributed by atoms with E-state index >= 15 is 0 Å². The maximum absolute atomic E-state index is 3.90. The smallest absolute Gasteiger partial charge is 0 e. The van der Waals surface area contributed by atoms with Crippen molar-refractivity contribution in [3.05, 3.63) is 14.4 Å². The van der Waals surface area contributed by atoms with Gasteiger partial charge in [-0.05, 0) is 11.8 Å². The van der Waals surface area contributed by atoms with E-state index in [2.05, 4.69) is 27.7 Å². The molecule has 103 valence electrons. The van der Waals surface area contributed by atoms with Gasteiger partial charge in [-0.25, -0.2) is 0 Å². The van der Waals surface area contributed by atoms with E-state index in [1.54, 1.807) is 0 Å². The van der Waals surface area contributed by atoms with E-state index in [-0.39, 0.29) is 40.1 Å². The van der Waals surface area contributed by atoms with Gasteiger partial charge >= 0.3 is 0 Å². The van der Waals surface area contributed by atoms with Gasteiger partial charge in [0.1, 0.15) is 0 Å². The molecule has 0 N–H and O–H groups in total. The number of unbranched alkanes of at least 4 members (excludes halogenated alkanes) is 3. The minimum atomic E-state index is 0. The van der Waals surface area contributed by atoms with Crippen LogP contribution in [0.2, 0.25) is 0 Å². The van der Waals surface area contributed by atoms with Gasteiger partial charge in [-0.2, -0.15) is 6.42 Å². The topological polar surface area (TPSA) is 0 Å². The maximum atomic E-state index is 3.90. The fourth-order valence-electron chi connectivity index (χ4n) is 2.00. The van der Waals surface area contributed by atoms with E-state index in [0.29, 0.717) is 0 Å². The molecular weight excluding hydrogens is 281 g/mol. The second-order valence-corrected chi connectivity index (χ2v) is 5.25. The van der Waals surface area contributed by atoms with Crippen LogP contribution in [0.5, 0.6) is 0 Å². The van der Waals surface area contributed by atoms with Gasteiger partial charge in [-0.3, -0.25) is 0 Å². The Hall–Kier alpha value is 1.10. The largest absolute Gasteiger partial charge is 0.358 e. The molecule has 1 heteroatoms. The first kappa shape index (κ1) is 23.2. The molecule has 0 aromatic rings. The molecule has 0 heterocycles. The van der Waals surface area contributed by atoms with E-state index in [4.69, 9.17) is 0 Å². The predicted octanol–water partition coefficient (Wildman–Crippen LogP) is 6.07. The molecule has 0 spiro atoms. The SMILES string of the molecule is [CH2-]CCCC(C)CCCCCC(C)CC.[CH3-].[Y]. The van der Waals surface area contributed by atoms with E-state index < -0.39 is 0 Å². The number of hydrogen-bond acceptors (Lipinski definition) is 0. The molecule has 0 saturated heterocycles. The molecular formula is C16H34Y-2. The quantitative estimate of drug-likeness (QED) is 0.339. The Labute approximate surface area is 137 Å². The fraction of sp³-hybridized carbons (Fsp3) is 0.875. The minimum Gasteiger partial charge on any atom is -0.358 e. The summed E-state index contributed by atoms with van der Waals surface area (Å²) in [5.74, 6) is 1.86. The third-order valence-corrected chi connectivity index (χ3v) is 3.54. The van der Waals surface area contributed by atoms with E-state index in [9.17, 15) is 0 Å².